The number of pyridine rings is 1. The second kappa shape index (κ2) is 12.3. The van der Waals surface area contributed by atoms with Crippen LogP contribution >= 0.6 is 14.9 Å². The van der Waals surface area contributed by atoms with Gasteiger partial charge in [0, 0.05) is 30.9 Å². The van der Waals surface area contributed by atoms with E-state index in [1.807, 2.05) is 0 Å². The highest BCUT2D eigenvalue weighted by atomic mass is 31.2. The molecule has 38 heavy (non-hydrogen) atoms. The van der Waals surface area contributed by atoms with Gasteiger partial charge < -0.3 is 24.4 Å². The zero-order valence-corrected chi connectivity index (χ0v) is 22.7. The van der Waals surface area contributed by atoms with E-state index in [9.17, 15) is 33.0 Å². The van der Waals surface area contributed by atoms with Crippen molar-refractivity contribution < 1.29 is 51.6 Å². The van der Waals surface area contributed by atoms with E-state index in [1.54, 1.807) is 6.92 Å². The topological polar surface area (TPSA) is 145 Å². The number of benzene rings is 1. The van der Waals surface area contributed by atoms with Crippen LogP contribution in [0.25, 0.3) is 0 Å². The van der Waals surface area contributed by atoms with Gasteiger partial charge in [-0.1, -0.05) is 32.3 Å². The van der Waals surface area contributed by atoms with Gasteiger partial charge in [0.05, 0.1) is 5.56 Å². The van der Waals surface area contributed by atoms with Crippen molar-refractivity contribution in [3.63, 3.8) is 0 Å². The van der Waals surface area contributed by atoms with E-state index in [-0.39, 0.29) is 5.56 Å². The minimum Gasteiger partial charge on any atom is -0.431 e. The van der Waals surface area contributed by atoms with Gasteiger partial charge in [0.2, 0.25) is 11.4 Å². The summed E-state index contributed by atoms with van der Waals surface area (Å²) >= 11 is 0. The fourth-order valence-corrected chi connectivity index (χ4v) is 7.78. The number of hydrogen-bond acceptors (Lipinski definition) is 9. The SMILES string of the molecule is C=P1(O)OC(c2c(F)cc(OC(=O)OC(C)CCCCCC)cc2F)OP(=O)(O)C1(O)Cc1cccnc1. The largest absolute Gasteiger partial charge is 0.514 e. The lowest BCUT2D eigenvalue weighted by Gasteiger charge is -2.45. The predicted octanol–water partition coefficient (Wildman–Crippen LogP) is 5.63. The average Bonchev–Trinajstić information content (AvgIpc) is 2.80. The molecule has 1 fully saturated rings. The third-order valence-corrected chi connectivity index (χ3v) is 11.0. The number of hydrogen-bond donors (Lipinski definition) is 3. The maximum atomic E-state index is 14.9. The van der Waals surface area contributed by atoms with Crippen LogP contribution in [0.15, 0.2) is 36.7 Å². The van der Waals surface area contributed by atoms with Gasteiger partial charge >= 0.3 is 13.8 Å². The summed E-state index contributed by atoms with van der Waals surface area (Å²) < 4.78 is 62.9. The number of rotatable bonds is 10. The normalized spacial score (nSPS) is 28.0. The molecule has 14 heteroatoms. The van der Waals surface area contributed by atoms with Gasteiger partial charge in [-0.25, -0.2) is 13.6 Å². The van der Waals surface area contributed by atoms with Gasteiger partial charge in [-0.15, -0.1) is 0 Å². The van der Waals surface area contributed by atoms with Crippen molar-refractivity contribution in [2.24, 2.45) is 0 Å². The minimum absolute atomic E-state index is 0.248. The fourth-order valence-electron chi connectivity index (χ4n) is 3.83. The first-order chi connectivity index (χ1) is 17.8. The molecular weight excluding hydrogens is 546 g/mol. The molecule has 5 atom stereocenters. The van der Waals surface area contributed by atoms with Crippen LogP contribution in [0.4, 0.5) is 13.6 Å². The molecule has 5 unspecified atom stereocenters. The summed E-state index contributed by atoms with van der Waals surface area (Å²) in [4.78, 5) is 37.2. The Kier molecular flexibility index (Phi) is 9.87. The molecule has 0 aliphatic carbocycles. The van der Waals surface area contributed by atoms with Crippen LogP contribution in [-0.4, -0.2) is 43.5 Å². The summed E-state index contributed by atoms with van der Waals surface area (Å²) in [7, 11) is -9.69. The summed E-state index contributed by atoms with van der Waals surface area (Å²) in [6, 6.07) is 4.20. The van der Waals surface area contributed by atoms with Gasteiger partial charge in [-0.2, -0.15) is 0 Å². The Bertz CT molecular complexity index is 1180. The molecule has 0 spiro atoms. The summed E-state index contributed by atoms with van der Waals surface area (Å²) in [6.07, 6.45) is 6.08. The maximum absolute atomic E-state index is 14.9. The monoisotopic (exact) mass is 577 g/mol. The van der Waals surface area contributed by atoms with Crippen molar-refractivity contribution in [2.45, 2.75) is 69.8 Å². The molecule has 1 aromatic carbocycles. The first-order valence-electron chi connectivity index (χ1n) is 11.9. The van der Waals surface area contributed by atoms with Crippen LogP contribution in [0.2, 0.25) is 0 Å². The van der Waals surface area contributed by atoms with Gasteiger partial charge in [-0.05, 0) is 37.7 Å². The Labute approximate surface area is 219 Å². The summed E-state index contributed by atoms with van der Waals surface area (Å²) in [5.74, 6) is -3.28. The molecule has 210 valence electrons. The quantitative estimate of drug-likeness (QED) is 0.141. The van der Waals surface area contributed by atoms with Gasteiger partial charge in [0.15, 0.2) is 7.34 Å². The molecule has 0 radical (unpaired) electrons. The molecule has 1 aliphatic heterocycles. The number of nitrogens with zero attached hydrogens (tertiary/aromatic N) is 1. The lowest BCUT2D eigenvalue weighted by atomic mass is 10.1. The zero-order valence-electron chi connectivity index (χ0n) is 21.0. The lowest BCUT2D eigenvalue weighted by Crippen LogP contribution is -2.38. The number of halogens is 2. The highest BCUT2D eigenvalue weighted by molar-refractivity contribution is 7.78. The Balaban J connectivity index is 1.75. The van der Waals surface area contributed by atoms with E-state index >= 15 is 0 Å². The third kappa shape index (κ3) is 6.87. The Morgan fingerprint density at radius 3 is 2.50 bits per heavy atom. The molecule has 3 N–H and O–H groups in total. The molecule has 3 rings (SSSR count). The fraction of sp³-hybridized carbons (Fsp3) is 0.458. The number of carbonyl (C=O) groups is 1. The van der Waals surface area contributed by atoms with Gasteiger partial charge in [-0.3, -0.25) is 18.6 Å². The van der Waals surface area contributed by atoms with E-state index in [0.717, 1.165) is 25.7 Å². The molecule has 0 bridgehead atoms. The first kappa shape index (κ1) is 30.4. The smallest absolute Gasteiger partial charge is 0.431 e. The van der Waals surface area contributed by atoms with Crippen LogP contribution in [-0.2, 0) is 24.8 Å². The highest BCUT2D eigenvalue weighted by Gasteiger charge is 2.63. The summed E-state index contributed by atoms with van der Waals surface area (Å²) in [5, 5.41) is 8.07. The molecular formula is C24H31F2NO9P2. The van der Waals surface area contributed by atoms with Gasteiger partial charge in [0.1, 0.15) is 23.5 Å². The molecule has 1 saturated heterocycles. The molecule has 10 nitrogen and oxygen atoms in total. The van der Waals surface area contributed by atoms with Crippen molar-refractivity contribution in [3.8, 4) is 5.75 Å². The Morgan fingerprint density at radius 2 is 1.92 bits per heavy atom. The van der Waals surface area contributed by atoms with Gasteiger partial charge in [0.25, 0.3) is 0 Å². The Hall–Kier alpha value is -2.17. The molecule has 0 saturated carbocycles. The van der Waals surface area contributed by atoms with E-state index in [1.165, 1.54) is 24.5 Å². The van der Waals surface area contributed by atoms with E-state index in [2.05, 4.69) is 18.2 Å². The molecule has 1 aromatic heterocycles. The van der Waals surface area contributed by atoms with Crippen molar-refractivity contribution in [1.29, 1.82) is 0 Å². The highest BCUT2D eigenvalue weighted by Crippen LogP contribution is 2.79. The van der Waals surface area contributed by atoms with Crippen molar-refractivity contribution in [3.05, 3.63) is 59.4 Å². The maximum Gasteiger partial charge on any atom is 0.514 e. The molecule has 0 amide bonds. The number of ether oxygens (including phenoxy) is 2. The number of aliphatic hydroxyl groups is 1. The van der Waals surface area contributed by atoms with E-state index in [4.69, 9.17) is 18.5 Å². The van der Waals surface area contributed by atoms with Crippen LogP contribution in [0.1, 0.15) is 63.4 Å². The number of carbonyl (C=O) groups excluding carboxylic acids is 1. The summed E-state index contributed by atoms with van der Waals surface area (Å²) in [6.45, 7) is 3.74. The minimum atomic E-state index is -5.22. The van der Waals surface area contributed by atoms with Crippen molar-refractivity contribution in [1.82, 2.24) is 4.98 Å². The molecule has 2 heterocycles. The lowest BCUT2D eigenvalue weighted by molar-refractivity contribution is -0.0511. The number of aromatic nitrogens is 1. The standard InChI is InChI=1S/C24H31F2NO9P2/c1-4-5-6-7-9-16(2)33-23(28)34-18-12-19(25)21(20(26)13-18)22-35-37(3,30)24(29,38(31,32)36-22)14-17-10-8-11-27-15-17/h8,10-13,15-16,22,29-30H,3-7,9,14H2,1-2H3,(H,31,32). The van der Waals surface area contributed by atoms with Crippen LogP contribution in [0, 0.1) is 11.6 Å². The first-order valence-corrected chi connectivity index (χ1v) is 15.4. The predicted molar refractivity (Wildman–Crippen MR) is 136 cm³/mol. The average molecular weight is 577 g/mol. The Morgan fingerprint density at radius 1 is 1.24 bits per heavy atom. The second-order valence-corrected chi connectivity index (χ2v) is 13.7. The van der Waals surface area contributed by atoms with Crippen LogP contribution in [0.5, 0.6) is 5.75 Å². The summed E-state index contributed by atoms with van der Waals surface area (Å²) in [5.41, 5.74) is -0.743. The number of unbranched alkanes of at least 4 members (excludes halogenated alkanes) is 3. The van der Waals surface area contributed by atoms with E-state index in [0.29, 0.717) is 18.6 Å². The zero-order chi connectivity index (χ0) is 28.1. The molecule has 1 aliphatic rings. The molecule has 2 aromatic rings. The van der Waals surface area contributed by atoms with Crippen LogP contribution < -0.4 is 4.74 Å². The van der Waals surface area contributed by atoms with Crippen molar-refractivity contribution in [2.75, 3.05) is 0 Å². The second-order valence-electron chi connectivity index (χ2n) is 9.01. The van der Waals surface area contributed by atoms with Crippen LogP contribution in [0.3, 0.4) is 0 Å². The third-order valence-electron chi connectivity index (χ3n) is 5.94. The van der Waals surface area contributed by atoms with E-state index < -0.39 is 67.9 Å². The van der Waals surface area contributed by atoms with Crippen molar-refractivity contribution >= 4 is 27.4 Å².